The van der Waals surface area contributed by atoms with Crippen molar-refractivity contribution in [3.8, 4) is 17.2 Å². The van der Waals surface area contributed by atoms with Gasteiger partial charge < -0.3 is 20.3 Å². The van der Waals surface area contributed by atoms with Crippen molar-refractivity contribution in [3.05, 3.63) is 16.7 Å². The van der Waals surface area contributed by atoms with E-state index < -0.39 is 5.54 Å². The van der Waals surface area contributed by atoms with E-state index in [2.05, 4.69) is 0 Å². The Morgan fingerprint density at radius 3 is 2.71 bits per heavy atom. The molecule has 1 aromatic carbocycles. The zero-order chi connectivity index (χ0) is 12.0. The van der Waals surface area contributed by atoms with Gasteiger partial charge in [-0.05, 0) is 18.9 Å². The Kier molecular flexibility index (Phi) is 2.38. The van der Waals surface area contributed by atoms with Crippen LogP contribution in [0.25, 0.3) is 0 Å². The Balaban J connectivity index is 2.14. The van der Waals surface area contributed by atoms with Gasteiger partial charge in [0.05, 0.1) is 0 Å². The minimum atomic E-state index is -0.491. The van der Waals surface area contributed by atoms with E-state index in [1.54, 1.807) is 6.07 Å². The molecule has 0 spiro atoms. The highest BCUT2D eigenvalue weighted by Gasteiger charge is 2.36. The van der Waals surface area contributed by atoms with Crippen LogP contribution in [0, 0.1) is 0 Å². The lowest BCUT2D eigenvalue weighted by molar-refractivity contribution is 0.174. The summed E-state index contributed by atoms with van der Waals surface area (Å²) in [7, 11) is 0. The van der Waals surface area contributed by atoms with Gasteiger partial charge in [-0.15, -0.1) is 0 Å². The molecule has 2 aliphatic rings. The van der Waals surface area contributed by atoms with Gasteiger partial charge in [0.15, 0.2) is 11.5 Å². The molecule has 3 N–H and O–H groups in total. The number of phenolic OH excluding ortho intramolecular Hbond substituents is 1. The summed E-state index contributed by atoms with van der Waals surface area (Å²) in [6.45, 7) is 0.134. The molecular weight excluding hydrogens is 242 g/mol. The smallest absolute Gasteiger partial charge is 0.231 e. The van der Waals surface area contributed by atoms with Crippen LogP contribution in [0.2, 0.25) is 5.02 Å². The van der Waals surface area contributed by atoms with Gasteiger partial charge in [0, 0.05) is 11.1 Å². The summed E-state index contributed by atoms with van der Waals surface area (Å²) in [5.74, 6) is 1.01. The Hall–Kier alpha value is -1.13. The highest BCUT2D eigenvalue weighted by Crippen LogP contribution is 2.51. The molecule has 1 aromatic rings. The molecular formula is C12H14ClNO3. The average Bonchev–Trinajstić information content (AvgIpc) is 2.92. The Bertz CT molecular complexity index is 469. The lowest BCUT2D eigenvalue weighted by Crippen LogP contribution is -2.33. The molecule has 3 rings (SSSR count). The van der Waals surface area contributed by atoms with Gasteiger partial charge in [-0.1, -0.05) is 24.4 Å². The van der Waals surface area contributed by atoms with Crippen LogP contribution in [0.1, 0.15) is 31.2 Å². The second-order valence-corrected chi connectivity index (χ2v) is 5.06. The van der Waals surface area contributed by atoms with E-state index >= 15 is 0 Å². The number of ether oxygens (including phenoxy) is 2. The second-order valence-electron chi connectivity index (χ2n) is 4.68. The van der Waals surface area contributed by atoms with Crippen LogP contribution < -0.4 is 15.2 Å². The van der Waals surface area contributed by atoms with E-state index in [0.29, 0.717) is 17.1 Å². The molecule has 0 saturated heterocycles. The number of rotatable bonds is 1. The largest absolute Gasteiger partial charge is 0.506 e. The first-order valence-corrected chi connectivity index (χ1v) is 6.10. The van der Waals surface area contributed by atoms with E-state index in [1.165, 1.54) is 0 Å². The molecule has 1 saturated carbocycles. The molecule has 0 atom stereocenters. The van der Waals surface area contributed by atoms with Crippen LogP contribution in [0.3, 0.4) is 0 Å². The molecule has 0 radical (unpaired) electrons. The van der Waals surface area contributed by atoms with Crippen LogP contribution >= 0.6 is 11.6 Å². The van der Waals surface area contributed by atoms with E-state index in [0.717, 1.165) is 25.7 Å². The number of benzene rings is 1. The molecule has 92 valence electrons. The zero-order valence-electron chi connectivity index (χ0n) is 9.33. The fourth-order valence-corrected chi connectivity index (χ4v) is 2.90. The summed E-state index contributed by atoms with van der Waals surface area (Å²) in [4.78, 5) is 0. The summed E-state index contributed by atoms with van der Waals surface area (Å²) in [5, 5.41) is 10.3. The molecule has 1 heterocycles. The zero-order valence-corrected chi connectivity index (χ0v) is 10.1. The Labute approximate surface area is 104 Å². The predicted octanol–water partition coefficient (Wildman–Crippen LogP) is 2.50. The summed E-state index contributed by atoms with van der Waals surface area (Å²) in [6.07, 6.45) is 3.86. The van der Waals surface area contributed by atoms with Gasteiger partial charge in [0.2, 0.25) is 6.79 Å². The summed E-state index contributed by atoms with van der Waals surface area (Å²) >= 11 is 6.07. The summed E-state index contributed by atoms with van der Waals surface area (Å²) < 4.78 is 10.5. The van der Waals surface area contributed by atoms with Gasteiger partial charge in [0.1, 0.15) is 10.8 Å². The molecule has 1 aliphatic carbocycles. The summed E-state index contributed by atoms with van der Waals surface area (Å²) in [6, 6.07) is 1.76. The van der Waals surface area contributed by atoms with Crippen LogP contribution in [-0.4, -0.2) is 11.9 Å². The lowest BCUT2D eigenvalue weighted by atomic mass is 9.88. The Morgan fingerprint density at radius 2 is 2.00 bits per heavy atom. The highest BCUT2D eigenvalue weighted by atomic mass is 35.5. The second kappa shape index (κ2) is 3.68. The molecule has 0 aromatic heterocycles. The normalized spacial score (nSPS) is 20.8. The maximum absolute atomic E-state index is 10.1. The molecule has 1 fully saturated rings. The molecule has 0 unspecified atom stereocenters. The molecule has 4 nitrogen and oxygen atoms in total. The fraction of sp³-hybridized carbons (Fsp3) is 0.500. The molecule has 5 heteroatoms. The van der Waals surface area contributed by atoms with Gasteiger partial charge in [-0.3, -0.25) is 0 Å². The first-order valence-electron chi connectivity index (χ1n) is 5.72. The fourth-order valence-electron chi connectivity index (χ4n) is 2.65. The third-order valence-corrected chi connectivity index (χ3v) is 3.96. The molecule has 0 amide bonds. The van der Waals surface area contributed by atoms with Crippen LogP contribution in [0.15, 0.2) is 6.07 Å². The van der Waals surface area contributed by atoms with Crippen molar-refractivity contribution >= 4 is 11.6 Å². The van der Waals surface area contributed by atoms with Crippen molar-refractivity contribution in [2.75, 3.05) is 6.79 Å². The molecule has 17 heavy (non-hydrogen) atoms. The van der Waals surface area contributed by atoms with Crippen molar-refractivity contribution in [1.82, 2.24) is 0 Å². The topological polar surface area (TPSA) is 64.7 Å². The first-order chi connectivity index (χ1) is 8.12. The van der Waals surface area contributed by atoms with E-state index in [1.807, 2.05) is 0 Å². The maximum atomic E-state index is 10.1. The number of hydrogen-bond acceptors (Lipinski definition) is 4. The minimum absolute atomic E-state index is 0.0281. The van der Waals surface area contributed by atoms with Crippen LogP contribution in [0.4, 0.5) is 0 Å². The number of hydrogen-bond donors (Lipinski definition) is 2. The number of halogens is 1. The SMILES string of the molecule is NC1(c2cc3c(c(Cl)c2O)OCO3)CCCC1. The Morgan fingerprint density at radius 1 is 1.29 bits per heavy atom. The third kappa shape index (κ3) is 1.55. The number of fused-ring (bicyclic) bond motifs is 1. The molecule has 0 bridgehead atoms. The van der Waals surface area contributed by atoms with E-state index in [9.17, 15) is 5.11 Å². The first kappa shape index (κ1) is 11.0. The van der Waals surface area contributed by atoms with Gasteiger partial charge >= 0.3 is 0 Å². The number of nitrogens with two attached hydrogens (primary N) is 1. The van der Waals surface area contributed by atoms with Crippen LogP contribution in [-0.2, 0) is 5.54 Å². The van der Waals surface area contributed by atoms with Crippen molar-refractivity contribution < 1.29 is 14.6 Å². The van der Waals surface area contributed by atoms with Crippen molar-refractivity contribution in [3.63, 3.8) is 0 Å². The standard InChI is InChI=1S/C12H14ClNO3/c13-9-10(15)7(12(14)3-1-2-4-12)5-8-11(9)17-6-16-8/h5,15H,1-4,6,14H2. The number of phenols is 1. The highest BCUT2D eigenvalue weighted by molar-refractivity contribution is 6.34. The van der Waals surface area contributed by atoms with E-state index in [4.69, 9.17) is 26.8 Å². The predicted molar refractivity (Wildman–Crippen MR) is 63.6 cm³/mol. The van der Waals surface area contributed by atoms with Crippen molar-refractivity contribution in [2.45, 2.75) is 31.2 Å². The monoisotopic (exact) mass is 255 g/mol. The van der Waals surface area contributed by atoms with Gasteiger partial charge in [-0.25, -0.2) is 0 Å². The average molecular weight is 256 g/mol. The van der Waals surface area contributed by atoms with Gasteiger partial charge in [-0.2, -0.15) is 0 Å². The van der Waals surface area contributed by atoms with Gasteiger partial charge in [0.25, 0.3) is 0 Å². The van der Waals surface area contributed by atoms with Crippen LogP contribution in [0.5, 0.6) is 17.2 Å². The van der Waals surface area contributed by atoms with E-state index in [-0.39, 0.29) is 17.6 Å². The maximum Gasteiger partial charge on any atom is 0.231 e. The minimum Gasteiger partial charge on any atom is -0.506 e. The third-order valence-electron chi connectivity index (χ3n) is 3.61. The summed E-state index contributed by atoms with van der Waals surface area (Å²) in [5.41, 5.74) is 6.51. The lowest BCUT2D eigenvalue weighted by Gasteiger charge is -2.25. The quantitative estimate of drug-likeness (QED) is 0.809. The number of aromatic hydroxyl groups is 1. The molecule has 1 aliphatic heterocycles. The van der Waals surface area contributed by atoms with Crippen molar-refractivity contribution in [2.24, 2.45) is 5.73 Å². The van der Waals surface area contributed by atoms with Crippen molar-refractivity contribution in [1.29, 1.82) is 0 Å².